The van der Waals surface area contributed by atoms with Gasteiger partial charge in [0.25, 0.3) is 5.91 Å². The molecule has 1 aromatic heterocycles. The zero-order valence-corrected chi connectivity index (χ0v) is 15.8. The predicted molar refractivity (Wildman–Crippen MR) is 103 cm³/mol. The molecule has 0 saturated carbocycles. The van der Waals surface area contributed by atoms with E-state index in [-0.39, 0.29) is 23.9 Å². The molecule has 27 heavy (non-hydrogen) atoms. The third-order valence-electron chi connectivity index (χ3n) is 5.23. The van der Waals surface area contributed by atoms with Crippen molar-refractivity contribution in [2.45, 2.75) is 39.0 Å². The van der Waals surface area contributed by atoms with Gasteiger partial charge in [-0.25, -0.2) is 4.98 Å². The molecule has 0 bridgehead atoms. The third kappa shape index (κ3) is 3.76. The topological polar surface area (TPSA) is 65.9 Å². The number of hydrogen-bond donors (Lipinski definition) is 1. The lowest BCUT2D eigenvalue weighted by atomic mass is 9.99. The van der Waals surface area contributed by atoms with E-state index in [9.17, 15) is 9.90 Å². The number of carbonyl (C=O) groups excluding carboxylic acids is 1. The number of ether oxygens (including phenoxy) is 1. The van der Waals surface area contributed by atoms with Crippen LogP contribution in [-0.2, 0) is 17.7 Å². The summed E-state index contributed by atoms with van der Waals surface area (Å²) >= 11 is 0. The van der Waals surface area contributed by atoms with Gasteiger partial charge in [-0.1, -0.05) is 6.07 Å². The van der Waals surface area contributed by atoms with Gasteiger partial charge in [-0.15, -0.1) is 0 Å². The predicted octanol–water partition coefficient (Wildman–Crippen LogP) is 2.60. The van der Waals surface area contributed by atoms with E-state index in [4.69, 9.17) is 4.74 Å². The fourth-order valence-electron chi connectivity index (χ4n) is 3.96. The standard InChI is InChI=1S/C21H25N3O3/c1-14-11-24(12-15(2)27-14)20-6-4-17(10-22-20)21(26)23-8-7-16-3-5-19(25)9-18(16)13-23/h3-6,9-10,14-15,25H,7-8,11-13H2,1-2H3/t14-,15-/m1/s1. The molecule has 6 heteroatoms. The molecule has 142 valence electrons. The van der Waals surface area contributed by atoms with E-state index in [0.29, 0.717) is 18.7 Å². The maximum Gasteiger partial charge on any atom is 0.255 e. The normalized spacial score (nSPS) is 22.4. The van der Waals surface area contributed by atoms with E-state index in [2.05, 4.69) is 23.7 Å². The number of anilines is 1. The van der Waals surface area contributed by atoms with Crippen molar-refractivity contribution in [1.82, 2.24) is 9.88 Å². The Morgan fingerprint density at radius 3 is 2.63 bits per heavy atom. The van der Waals surface area contributed by atoms with Crippen molar-refractivity contribution in [1.29, 1.82) is 0 Å². The molecule has 1 amide bonds. The van der Waals surface area contributed by atoms with Gasteiger partial charge in [0.2, 0.25) is 0 Å². The largest absolute Gasteiger partial charge is 0.508 e. The number of rotatable bonds is 2. The number of hydrogen-bond acceptors (Lipinski definition) is 5. The van der Waals surface area contributed by atoms with Gasteiger partial charge in [0.15, 0.2) is 0 Å². The van der Waals surface area contributed by atoms with Crippen molar-refractivity contribution in [3.05, 3.63) is 53.2 Å². The smallest absolute Gasteiger partial charge is 0.255 e. The van der Waals surface area contributed by atoms with Crippen molar-refractivity contribution >= 4 is 11.7 Å². The molecule has 4 rings (SSSR count). The van der Waals surface area contributed by atoms with Crippen molar-refractivity contribution in [3.8, 4) is 5.75 Å². The number of carbonyl (C=O) groups is 1. The Morgan fingerprint density at radius 2 is 1.93 bits per heavy atom. The molecule has 1 N–H and O–H groups in total. The number of nitrogens with zero attached hydrogens (tertiary/aromatic N) is 3. The number of phenols is 1. The number of fused-ring (bicyclic) bond motifs is 1. The van der Waals surface area contributed by atoms with E-state index in [0.717, 1.165) is 30.9 Å². The number of aromatic hydroxyl groups is 1. The molecule has 2 aromatic rings. The summed E-state index contributed by atoms with van der Waals surface area (Å²) in [6.45, 7) is 6.92. The molecule has 1 aromatic carbocycles. The van der Waals surface area contributed by atoms with Gasteiger partial charge >= 0.3 is 0 Å². The summed E-state index contributed by atoms with van der Waals surface area (Å²) in [4.78, 5) is 21.4. The molecule has 6 nitrogen and oxygen atoms in total. The maximum atomic E-state index is 12.9. The number of pyridine rings is 1. The monoisotopic (exact) mass is 367 g/mol. The minimum atomic E-state index is -0.0215. The van der Waals surface area contributed by atoms with Crippen LogP contribution in [0.2, 0.25) is 0 Å². The molecular formula is C21H25N3O3. The summed E-state index contributed by atoms with van der Waals surface area (Å²) in [5.41, 5.74) is 2.80. The molecule has 1 fully saturated rings. The number of phenolic OH excluding ortho intramolecular Hbond substituents is 1. The average Bonchev–Trinajstić information content (AvgIpc) is 2.66. The molecule has 0 spiro atoms. The Kier molecular flexibility index (Phi) is 4.74. The van der Waals surface area contributed by atoms with E-state index in [1.165, 1.54) is 5.56 Å². The van der Waals surface area contributed by atoms with Gasteiger partial charge in [0, 0.05) is 32.4 Å². The molecule has 2 atom stereocenters. The summed E-state index contributed by atoms with van der Waals surface area (Å²) < 4.78 is 5.77. The quantitative estimate of drug-likeness (QED) is 0.884. The lowest BCUT2D eigenvalue weighted by Crippen LogP contribution is -2.45. The maximum absolute atomic E-state index is 12.9. The summed E-state index contributed by atoms with van der Waals surface area (Å²) in [5, 5.41) is 9.69. The first-order chi connectivity index (χ1) is 13.0. The molecule has 2 aliphatic heterocycles. The van der Waals surface area contributed by atoms with E-state index in [1.807, 2.05) is 23.1 Å². The Labute approximate surface area is 159 Å². The van der Waals surface area contributed by atoms with E-state index < -0.39 is 0 Å². The fraction of sp³-hybridized carbons (Fsp3) is 0.429. The molecule has 2 aliphatic rings. The summed E-state index contributed by atoms with van der Waals surface area (Å²) in [6.07, 6.45) is 2.81. The number of aromatic nitrogens is 1. The number of benzene rings is 1. The SMILES string of the molecule is C[C@@H]1CN(c2ccc(C(=O)N3CCc4ccc(O)cc4C3)cn2)C[C@@H](C)O1. The third-order valence-corrected chi connectivity index (χ3v) is 5.23. The average molecular weight is 367 g/mol. The van der Waals surface area contributed by atoms with Crippen LogP contribution in [0.5, 0.6) is 5.75 Å². The van der Waals surface area contributed by atoms with Crippen LogP contribution in [0.25, 0.3) is 0 Å². The highest BCUT2D eigenvalue weighted by molar-refractivity contribution is 5.94. The summed E-state index contributed by atoms with van der Waals surface area (Å²) in [7, 11) is 0. The van der Waals surface area contributed by atoms with Gasteiger partial charge in [-0.2, -0.15) is 0 Å². The van der Waals surface area contributed by atoms with Crippen LogP contribution in [0.4, 0.5) is 5.82 Å². The van der Waals surface area contributed by atoms with E-state index in [1.54, 1.807) is 18.3 Å². The Hall–Kier alpha value is -2.60. The van der Waals surface area contributed by atoms with Crippen LogP contribution >= 0.6 is 0 Å². The molecule has 3 heterocycles. The van der Waals surface area contributed by atoms with Crippen LogP contribution in [0, 0.1) is 0 Å². The van der Waals surface area contributed by atoms with Gasteiger partial charge in [-0.05, 0) is 55.7 Å². The molecule has 1 saturated heterocycles. The fourth-order valence-corrected chi connectivity index (χ4v) is 3.96. The highest BCUT2D eigenvalue weighted by atomic mass is 16.5. The van der Waals surface area contributed by atoms with Crippen molar-refractivity contribution in [2.24, 2.45) is 0 Å². The number of amides is 1. The highest BCUT2D eigenvalue weighted by Crippen LogP contribution is 2.25. The molecule has 0 aliphatic carbocycles. The summed E-state index contributed by atoms with van der Waals surface area (Å²) in [6, 6.07) is 9.16. The van der Waals surface area contributed by atoms with Crippen LogP contribution in [0.1, 0.15) is 35.3 Å². The van der Waals surface area contributed by atoms with Crippen LogP contribution in [-0.4, -0.2) is 52.7 Å². The van der Waals surface area contributed by atoms with Crippen LogP contribution in [0.15, 0.2) is 36.5 Å². The zero-order chi connectivity index (χ0) is 19.0. The second-order valence-electron chi connectivity index (χ2n) is 7.50. The second kappa shape index (κ2) is 7.19. The van der Waals surface area contributed by atoms with Crippen LogP contribution in [0.3, 0.4) is 0 Å². The zero-order valence-electron chi connectivity index (χ0n) is 15.8. The molecule has 0 radical (unpaired) electrons. The first-order valence-corrected chi connectivity index (χ1v) is 9.46. The minimum Gasteiger partial charge on any atom is -0.508 e. The van der Waals surface area contributed by atoms with Gasteiger partial charge in [0.05, 0.1) is 17.8 Å². The van der Waals surface area contributed by atoms with Crippen molar-refractivity contribution in [3.63, 3.8) is 0 Å². The Bertz CT molecular complexity index is 827. The second-order valence-corrected chi connectivity index (χ2v) is 7.50. The number of morpholine rings is 1. The van der Waals surface area contributed by atoms with Crippen molar-refractivity contribution in [2.75, 3.05) is 24.5 Å². The van der Waals surface area contributed by atoms with Crippen molar-refractivity contribution < 1.29 is 14.6 Å². The van der Waals surface area contributed by atoms with E-state index >= 15 is 0 Å². The Morgan fingerprint density at radius 1 is 1.15 bits per heavy atom. The lowest BCUT2D eigenvalue weighted by molar-refractivity contribution is -0.00546. The minimum absolute atomic E-state index is 0.0215. The van der Waals surface area contributed by atoms with Gasteiger partial charge < -0.3 is 19.6 Å². The highest BCUT2D eigenvalue weighted by Gasteiger charge is 2.25. The Balaban J connectivity index is 1.47. The lowest BCUT2D eigenvalue weighted by Gasteiger charge is -2.36. The van der Waals surface area contributed by atoms with Gasteiger partial charge in [-0.3, -0.25) is 4.79 Å². The molecule has 0 unspecified atom stereocenters. The van der Waals surface area contributed by atoms with Gasteiger partial charge in [0.1, 0.15) is 11.6 Å². The summed E-state index contributed by atoms with van der Waals surface area (Å²) in [5.74, 6) is 1.09. The molecular weight excluding hydrogens is 342 g/mol. The first-order valence-electron chi connectivity index (χ1n) is 9.46. The van der Waals surface area contributed by atoms with Crippen LogP contribution < -0.4 is 4.90 Å². The first kappa shape index (κ1) is 17.8.